The number of nitrogens with one attached hydrogen (secondary N) is 1. The molecule has 0 unspecified atom stereocenters. The Balaban J connectivity index is 1.62. The molecule has 1 saturated carbocycles. The van der Waals surface area contributed by atoms with Crippen molar-refractivity contribution in [1.82, 2.24) is 15.2 Å². The van der Waals surface area contributed by atoms with Crippen LogP contribution in [0.2, 0.25) is 0 Å². The third-order valence-electron chi connectivity index (χ3n) is 6.41. The van der Waals surface area contributed by atoms with Crippen LogP contribution in [0.1, 0.15) is 85.5 Å². The number of carbonyl (C=O) groups is 1. The fourth-order valence-corrected chi connectivity index (χ4v) is 5.54. The zero-order valence-electron chi connectivity index (χ0n) is 19.2. The Kier molecular flexibility index (Phi) is 6.65. The second kappa shape index (κ2) is 9.22. The summed E-state index contributed by atoms with van der Waals surface area (Å²) in [7, 11) is 0. The summed E-state index contributed by atoms with van der Waals surface area (Å²) in [6.07, 6.45) is 1.16. The van der Waals surface area contributed by atoms with Crippen molar-refractivity contribution in [3.05, 3.63) is 46.2 Å². The van der Waals surface area contributed by atoms with Crippen LogP contribution in [-0.4, -0.2) is 26.2 Å². The van der Waals surface area contributed by atoms with Gasteiger partial charge in [-0.25, -0.2) is 4.98 Å². The van der Waals surface area contributed by atoms with Crippen molar-refractivity contribution in [1.29, 1.82) is 0 Å². The lowest BCUT2D eigenvalue weighted by Crippen LogP contribution is -2.22. The van der Waals surface area contributed by atoms with Gasteiger partial charge in [0.25, 0.3) is 5.91 Å². The largest absolute Gasteiger partial charge is 0.435 e. The van der Waals surface area contributed by atoms with Gasteiger partial charge in [-0.15, -0.1) is 21.5 Å². The first kappa shape index (κ1) is 24.5. The van der Waals surface area contributed by atoms with Gasteiger partial charge in [0.15, 0.2) is 11.4 Å². The molecular formula is C24H27F3N4O2S. The van der Waals surface area contributed by atoms with Gasteiger partial charge in [0.2, 0.25) is 0 Å². The standard InChI is InChI=1S/C24H27F3N4O2S/c1-4-13-5-7-14(8-6-13)22-29-18-11-15(23(2,3)33)17(12-19(18)34-22)28-21(32)16-9-10-20(31-30-16)24(25,26)27/h9-14,33H,4-8H2,1-3H3,(H,28,32). The third-order valence-corrected chi connectivity index (χ3v) is 7.59. The monoisotopic (exact) mass is 492 g/mol. The smallest absolute Gasteiger partial charge is 0.386 e. The number of carbonyl (C=O) groups excluding carboxylic acids is 1. The molecule has 1 aliphatic carbocycles. The highest BCUT2D eigenvalue weighted by Crippen LogP contribution is 2.41. The second-order valence-electron chi connectivity index (χ2n) is 9.36. The minimum absolute atomic E-state index is 0.257. The number of fused-ring (bicyclic) bond motifs is 1. The van der Waals surface area contributed by atoms with Crippen molar-refractivity contribution in [2.24, 2.45) is 5.92 Å². The summed E-state index contributed by atoms with van der Waals surface area (Å²) in [6, 6.07) is 5.22. The molecule has 0 atom stereocenters. The first-order valence-electron chi connectivity index (χ1n) is 11.3. The molecule has 4 rings (SSSR count). The Labute approximate surface area is 199 Å². The topological polar surface area (TPSA) is 88.0 Å². The lowest BCUT2D eigenvalue weighted by Gasteiger charge is -2.26. The molecular weight excluding hydrogens is 465 g/mol. The maximum absolute atomic E-state index is 12.7. The molecule has 0 spiro atoms. The summed E-state index contributed by atoms with van der Waals surface area (Å²) >= 11 is 1.58. The van der Waals surface area contributed by atoms with Crippen molar-refractivity contribution >= 4 is 33.1 Å². The lowest BCUT2D eigenvalue weighted by atomic mass is 9.81. The Morgan fingerprint density at radius 2 is 1.85 bits per heavy atom. The van der Waals surface area contributed by atoms with Crippen LogP contribution in [0.4, 0.5) is 18.9 Å². The quantitative estimate of drug-likeness (QED) is 0.438. The summed E-state index contributed by atoms with van der Waals surface area (Å²) in [4.78, 5) is 17.6. The summed E-state index contributed by atoms with van der Waals surface area (Å²) in [5.74, 6) is 0.475. The molecule has 2 heterocycles. The predicted molar refractivity (Wildman–Crippen MR) is 125 cm³/mol. The number of aliphatic hydroxyl groups is 1. The Hall–Kier alpha value is -2.59. The number of hydrogen-bond donors (Lipinski definition) is 2. The van der Waals surface area contributed by atoms with Crippen LogP contribution in [0.25, 0.3) is 10.2 Å². The van der Waals surface area contributed by atoms with E-state index in [1.165, 1.54) is 19.3 Å². The van der Waals surface area contributed by atoms with E-state index in [1.54, 1.807) is 37.3 Å². The van der Waals surface area contributed by atoms with Gasteiger partial charge in [0.05, 0.1) is 20.8 Å². The van der Waals surface area contributed by atoms with Gasteiger partial charge < -0.3 is 10.4 Å². The highest BCUT2D eigenvalue weighted by atomic mass is 32.1. The molecule has 2 aromatic heterocycles. The van der Waals surface area contributed by atoms with Crippen LogP contribution >= 0.6 is 11.3 Å². The second-order valence-corrected chi connectivity index (χ2v) is 10.4. The Bertz CT molecular complexity index is 1180. The van der Waals surface area contributed by atoms with Crippen molar-refractivity contribution in [3.63, 3.8) is 0 Å². The van der Waals surface area contributed by atoms with E-state index >= 15 is 0 Å². The third kappa shape index (κ3) is 5.22. The van der Waals surface area contributed by atoms with E-state index in [1.807, 2.05) is 0 Å². The van der Waals surface area contributed by atoms with Gasteiger partial charge >= 0.3 is 6.18 Å². The average molecular weight is 493 g/mol. The number of thiazole rings is 1. The first-order valence-corrected chi connectivity index (χ1v) is 12.2. The van der Waals surface area contributed by atoms with Crippen LogP contribution in [0.5, 0.6) is 0 Å². The number of nitrogens with zero attached hydrogens (tertiary/aromatic N) is 3. The van der Waals surface area contributed by atoms with E-state index in [-0.39, 0.29) is 5.69 Å². The van der Waals surface area contributed by atoms with Crippen molar-refractivity contribution in [2.45, 2.75) is 70.6 Å². The molecule has 6 nitrogen and oxygen atoms in total. The molecule has 1 fully saturated rings. The van der Waals surface area contributed by atoms with Gasteiger partial charge in [-0.1, -0.05) is 13.3 Å². The Morgan fingerprint density at radius 1 is 1.15 bits per heavy atom. The first-order chi connectivity index (χ1) is 16.0. The van der Waals surface area contributed by atoms with Gasteiger partial charge in [0, 0.05) is 17.2 Å². The highest BCUT2D eigenvalue weighted by molar-refractivity contribution is 7.18. The molecule has 0 radical (unpaired) electrons. The predicted octanol–water partition coefficient (Wildman–Crippen LogP) is 6.27. The molecule has 34 heavy (non-hydrogen) atoms. The van der Waals surface area contributed by atoms with E-state index in [0.29, 0.717) is 23.2 Å². The maximum Gasteiger partial charge on any atom is 0.435 e. The number of rotatable bonds is 5. The summed E-state index contributed by atoms with van der Waals surface area (Å²) < 4.78 is 39.1. The molecule has 1 aromatic carbocycles. The van der Waals surface area contributed by atoms with Crippen LogP contribution in [-0.2, 0) is 11.8 Å². The number of halogens is 3. The maximum atomic E-state index is 12.7. The number of alkyl halides is 3. The SMILES string of the molecule is CCC1CCC(c2nc3cc(C(C)(C)O)c(NC(=O)c4ccc(C(F)(F)F)nn4)cc3s2)CC1. The minimum Gasteiger partial charge on any atom is -0.386 e. The van der Waals surface area contributed by atoms with Gasteiger partial charge in [-0.2, -0.15) is 13.2 Å². The van der Waals surface area contributed by atoms with Crippen LogP contribution in [0.15, 0.2) is 24.3 Å². The molecule has 0 aliphatic heterocycles. The van der Waals surface area contributed by atoms with Crippen LogP contribution in [0.3, 0.4) is 0 Å². The van der Waals surface area contributed by atoms with E-state index in [2.05, 4.69) is 22.4 Å². The van der Waals surface area contributed by atoms with Gasteiger partial charge in [0.1, 0.15) is 0 Å². The van der Waals surface area contributed by atoms with Crippen LogP contribution in [0, 0.1) is 5.92 Å². The van der Waals surface area contributed by atoms with Gasteiger partial charge in [-0.3, -0.25) is 4.79 Å². The number of anilines is 1. The van der Waals surface area contributed by atoms with Gasteiger partial charge in [-0.05, 0) is 69.7 Å². The number of hydrogen-bond acceptors (Lipinski definition) is 6. The van der Waals surface area contributed by atoms with Crippen molar-refractivity contribution < 1.29 is 23.1 Å². The summed E-state index contributed by atoms with van der Waals surface area (Å²) in [5, 5.41) is 21.0. The molecule has 182 valence electrons. The fraction of sp³-hybridized carbons (Fsp3) is 0.500. The molecule has 1 aliphatic rings. The number of amides is 1. The molecule has 0 bridgehead atoms. The minimum atomic E-state index is -4.64. The van der Waals surface area contributed by atoms with E-state index in [9.17, 15) is 23.1 Å². The zero-order valence-corrected chi connectivity index (χ0v) is 20.1. The molecule has 3 aromatic rings. The average Bonchev–Trinajstić information content (AvgIpc) is 3.20. The number of aromatic nitrogens is 3. The normalized spacial score (nSPS) is 19.4. The van der Waals surface area contributed by atoms with E-state index < -0.39 is 23.4 Å². The van der Waals surface area contributed by atoms with E-state index in [4.69, 9.17) is 4.98 Å². The van der Waals surface area contributed by atoms with Crippen molar-refractivity contribution in [3.8, 4) is 0 Å². The van der Waals surface area contributed by atoms with Crippen molar-refractivity contribution in [2.75, 3.05) is 5.32 Å². The molecule has 10 heteroatoms. The summed E-state index contributed by atoms with van der Waals surface area (Å²) in [6.45, 7) is 5.43. The van der Waals surface area contributed by atoms with E-state index in [0.717, 1.165) is 40.1 Å². The Morgan fingerprint density at radius 3 is 2.41 bits per heavy atom. The zero-order chi connectivity index (χ0) is 24.7. The number of benzene rings is 1. The van der Waals surface area contributed by atoms with Crippen LogP contribution < -0.4 is 5.32 Å². The molecule has 0 saturated heterocycles. The lowest BCUT2D eigenvalue weighted by molar-refractivity contribution is -0.141. The molecule has 2 N–H and O–H groups in total. The molecule has 1 amide bonds. The fourth-order valence-electron chi connectivity index (χ4n) is 4.38. The highest BCUT2D eigenvalue weighted by Gasteiger charge is 2.33. The summed E-state index contributed by atoms with van der Waals surface area (Å²) in [5.41, 5.74) is -1.15.